The summed E-state index contributed by atoms with van der Waals surface area (Å²) in [5, 5.41) is 6.92. The lowest BCUT2D eigenvalue weighted by atomic mass is 10.1. The molecule has 1 aliphatic heterocycles. The molecular formula is C14H22N2O2. The number of benzene rings is 1. The van der Waals surface area contributed by atoms with E-state index < -0.39 is 0 Å². The summed E-state index contributed by atoms with van der Waals surface area (Å²) in [5.74, 6) is 1.70. The summed E-state index contributed by atoms with van der Waals surface area (Å²) in [6.07, 6.45) is 3.73. The Morgan fingerprint density at radius 3 is 2.89 bits per heavy atom. The topological polar surface area (TPSA) is 42.5 Å². The Balaban J connectivity index is 1.89. The zero-order valence-corrected chi connectivity index (χ0v) is 11.2. The molecule has 4 nitrogen and oxygen atoms in total. The number of anilines is 1. The highest BCUT2D eigenvalue weighted by Gasteiger charge is 2.13. The van der Waals surface area contributed by atoms with E-state index in [1.54, 1.807) is 14.2 Å². The predicted octanol–water partition coefficient (Wildman–Crippen LogP) is 2.26. The molecule has 1 heterocycles. The van der Waals surface area contributed by atoms with Gasteiger partial charge < -0.3 is 20.1 Å². The highest BCUT2D eigenvalue weighted by Crippen LogP contribution is 2.28. The molecule has 1 unspecified atom stereocenters. The molecule has 1 aromatic rings. The third-order valence-corrected chi connectivity index (χ3v) is 3.38. The first-order valence-electron chi connectivity index (χ1n) is 6.53. The molecule has 0 bridgehead atoms. The van der Waals surface area contributed by atoms with Crippen LogP contribution < -0.4 is 20.1 Å². The number of methoxy groups -OCH3 is 2. The fraction of sp³-hybridized carbons (Fsp3) is 0.571. The molecular weight excluding hydrogens is 228 g/mol. The standard InChI is InChI=1S/C14H22N2O2/c1-17-12-5-6-14(18-2)13(10-12)16-9-7-11-4-3-8-15-11/h5-6,10-11,15-16H,3-4,7-9H2,1-2H3. The average molecular weight is 250 g/mol. The molecule has 0 saturated carbocycles. The van der Waals surface area contributed by atoms with Crippen molar-refractivity contribution in [2.75, 3.05) is 32.6 Å². The fourth-order valence-corrected chi connectivity index (χ4v) is 2.34. The van der Waals surface area contributed by atoms with Gasteiger partial charge in [0, 0.05) is 18.7 Å². The van der Waals surface area contributed by atoms with Crippen LogP contribution in [0.1, 0.15) is 19.3 Å². The van der Waals surface area contributed by atoms with Gasteiger partial charge >= 0.3 is 0 Å². The van der Waals surface area contributed by atoms with Crippen LogP contribution in [-0.4, -0.2) is 33.4 Å². The lowest BCUT2D eigenvalue weighted by Gasteiger charge is -2.14. The van der Waals surface area contributed by atoms with E-state index in [0.717, 1.165) is 36.7 Å². The van der Waals surface area contributed by atoms with Crippen LogP contribution in [0, 0.1) is 0 Å². The summed E-state index contributed by atoms with van der Waals surface area (Å²) >= 11 is 0. The monoisotopic (exact) mass is 250 g/mol. The van der Waals surface area contributed by atoms with Gasteiger partial charge in [-0.05, 0) is 37.9 Å². The SMILES string of the molecule is COc1ccc(OC)c(NCCC2CCCN2)c1. The van der Waals surface area contributed by atoms with E-state index in [0.29, 0.717) is 6.04 Å². The van der Waals surface area contributed by atoms with E-state index in [1.807, 2.05) is 18.2 Å². The minimum Gasteiger partial charge on any atom is -0.497 e. The van der Waals surface area contributed by atoms with Crippen molar-refractivity contribution in [1.29, 1.82) is 0 Å². The van der Waals surface area contributed by atoms with Gasteiger partial charge in [-0.1, -0.05) is 0 Å². The van der Waals surface area contributed by atoms with E-state index in [1.165, 1.54) is 12.8 Å². The predicted molar refractivity (Wildman–Crippen MR) is 73.7 cm³/mol. The number of nitrogens with one attached hydrogen (secondary N) is 2. The van der Waals surface area contributed by atoms with Crippen LogP contribution in [0.2, 0.25) is 0 Å². The minimum absolute atomic E-state index is 0.661. The van der Waals surface area contributed by atoms with Gasteiger partial charge in [-0.15, -0.1) is 0 Å². The van der Waals surface area contributed by atoms with Gasteiger partial charge in [0.1, 0.15) is 11.5 Å². The Morgan fingerprint density at radius 2 is 2.22 bits per heavy atom. The van der Waals surface area contributed by atoms with Gasteiger partial charge in [-0.3, -0.25) is 0 Å². The second-order valence-electron chi connectivity index (χ2n) is 4.57. The Morgan fingerprint density at radius 1 is 1.33 bits per heavy atom. The molecule has 1 aliphatic rings. The third-order valence-electron chi connectivity index (χ3n) is 3.38. The number of ether oxygens (including phenoxy) is 2. The van der Waals surface area contributed by atoms with Gasteiger partial charge in [0.25, 0.3) is 0 Å². The maximum Gasteiger partial charge on any atom is 0.142 e. The summed E-state index contributed by atoms with van der Waals surface area (Å²) in [6, 6.07) is 6.47. The van der Waals surface area contributed by atoms with E-state index >= 15 is 0 Å². The molecule has 4 heteroatoms. The maximum atomic E-state index is 5.33. The quantitative estimate of drug-likeness (QED) is 0.812. The molecule has 18 heavy (non-hydrogen) atoms. The maximum absolute atomic E-state index is 5.33. The first-order chi connectivity index (χ1) is 8.83. The summed E-state index contributed by atoms with van der Waals surface area (Å²) in [5.41, 5.74) is 0.995. The van der Waals surface area contributed by atoms with E-state index in [4.69, 9.17) is 9.47 Å². The van der Waals surface area contributed by atoms with Crippen LogP contribution >= 0.6 is 0 Å². The second kappa shape index (κ2) is 6.50. The van der Waals surface area contributed by atoms with Crippen molar-refractivity contribution in [2.24, 2.45) is 0 Å². The minimum atomic E-state index is 0.661. The lowest BCUT2D eigenvalue weighted by Crippen LogP contribution is -2.24. The first kappa shape index (κ1) is 13.0. The highest BCUT2D eigenvalue weighted by atomic mass is 16.5. The van der Waals surface area contributed by atoms with Gasteiger partial charge in [-0.2, -0.15) is 0 Å². The second-order valence-corrected chi connectivity index (χ2v) is 4.57. The van der Waals surface area contributed by atoms with Gasteiger partial charge in [0.15, 0.2) is 0 Å². The molecule has 1 atom stereocenters. The van der Waals surface area contributed by atoms with Crippen molar-refractivity contribution in [3.8, 4) is 11.5 Å². The Bertz CT molecular complexity index is 376. The molecule has 0 radical (unpaired) electrons. The zero-order valence-electron chi connectivity index (χ0n) is 11.2. The van der Waals surface area contributed by atoms with Crippen molar-refractivity contribution in [3.05, 3.63) is 18.2 Å². The number of hydrogen-bond donors (Lipinski definition) is 2. The largest absolute Gasteiger partial charge is 0.497 e. The van der Waals surface area contributed by atoms with Gasteiger partial charge in [0.2, 0.25) is 0 Å². The van der Waals surface area contributed by atoms with Crippen molar-refractivity contribution in [3.63, 3.8) is 0 Å². The van der Waals surface area contributed by atoms with Crippen molar-refractivity contribution in [2.45, 2.75) is 25.3 Å². The van der Waals surface area contributed by atoms with Gasteiger partial charge in [-0.25, -0.2) is 0 Å². The molecule has 0 spiro atoms. The smallest absolute Gasteiger partial charge is 0.142 e. The van der Waals surface area contributed by atoms with Crippen molar-refractivity contribution >= 4 is 5.69 Å². The van der Waals surface area contributed by atoms with Crippen LogP contribution in [0.5, 0.6) is 11.5 Å². The summed E-state index contributed by atoms with van der Waals surface area (Å²) in [7, 11) is 3.36. The van der Waals surface area contributed by atoms with Crippen molar-refractivity contribution in [1.82, 2.24) is 5.32 Å². The summed E-state index contributed by atoms with van der Waals surface area (Å²) in [4.78, 5) is 0. The molecule has 1 fully saturated rings. The van der Waals surface area contributed by atoms with Crippen molar-refractivity contribution < 1.29 is 9.47 Å². The number of rotatable bonds is 6. The highest BCUT2D eigenvalue weighted by molar-refractivity contribution is 5.59. The number of hydrogen-bond acceptors (Lipinski definition) is 4. The Kier molecular flexibility index (Phi) is 4.70. The molecule has 2 rings (SSSR count). The van der Waals surface area contributed by atoms with E-state index in [2.05, 4.69) is 10.6 Å². The molecule has 0 aliphatic carbocycles. The molecule has 1 saturated heterocycles. The summed E-state index contributed by atoms with van der Waals surface area (Å²) < 4.78 is 10.6. The Labute approximate surface area is 109 Å². The van der Waals surface area contributed by atoms with E-state index in [9.17, 15) is 0 Å². The van der Waals surface area contributed by atoms with Gasteiger partial charge in [0.05, 0.1) is 19.9 Å². The fourth-order valence-electron chi connectivity index (χ4n) is 2.34. The van der Waals surface area contributed by atoms with Crippen LogP contribution in [0.4, 0.5) is 5.69 Å². The molecule has 0 aromatic heterocycles. The third kappa shape index (κ3) is 3.29. The van der Waals surface area contributed by atoms with Crippen LogP contribution in [0.15, 0.2) is 18.2 Å². The molecule has 1 aromatic carbocycles. The first-order valence-corrected chi connectivity index (χ1v) is 6.53. The van der Waals surface area contributed by atoms with Crippen LogP contribution in [0.3, 0.4) is 0 Å². The normalized spacial score (nSPS) is 18.7. The molecule has 100 valence electrons. The molecule has 2 N–H and O–H groups in total. The lowest BCUT2D eigenvalue weighted by molar-refractivity contribution is 0.404. The average Bonchev–Trinajstić information content (AvgIpc) is 2.92. The zero-order chi connectivity index (χ0) is 12.8. The van der Waals surface area contributed by atoms with Crippen LogP contribution in [-0.2, 0) is 0 Å². The molecule has 0 amide bonds. The van der Waals surface area contributed by atoms with Crippen LogP contribution in [0.25, 0.3) is 0 Å². The summed E-state index contributed by atoms with van der Waals surface area (Å²) in [6.45, 7) is 2.11. The Hall–Kier alpha value is -1.42. The van der Waals surface area contributed by atoms with E-state index in [-0.39, 0.29) is 0 Å².